The van der Waals surface area contributed by atoms with E-state index in [-0.39, 0.29) is 11.5 Å². The SMILES string of the molecule is CC1CCCN(C(=O)C(=O)NC2CCS(=O)(=O)C2)C1. The number of likely N-dealkylation sites (tertiary alicyclic amines) is 1. The van der Waals surface area contributed by atoms with Crippen molar-refractivity contribution in [2.75, 3.05) is 24.6 Å². The van der Waals surface area contributed by atoms with E-state index < -0.39 is 27.7 Å². The number of hydrogen-bond donors (Lipinski definition) is 1. The highest BCUT2D eigenvalue weighted by molar-refractivity contribution is 7.91. The number of nitrogens with zero attached hydrogens (tertiary/aromatic N) is 1. The van der Waals surface area contributed by atoms with Crippen LogP contribution >= 0.6 is 0 Å². The van der Waals surface area contributed by atoms with E-state index in [1.54, 1.807) is 4.90 Å². The Hall–Kier alpha value is -1.11. The van der Waals surface area contributed by atoms with E-state index in [0.29, 0.717) is 25.4 Å². The van der Waals surface area contributed by atoms with Crippen molar-refractivity contribution in [3.8, 4) is 0 Å². The minimum Gasteiger partial charge on any atom is -0.344 e. The molecule has 2 atom stereocenters. The average Bonchev–Trinajstić information content (AvgIpc) is 2.67. The number of carbonyl (C=O) groups excluding carboxylic acids is 2. The predicted molar refractivity (Wildman–Crippen MR) is 70.2 cm³/mol. The predicted octanol–water partition coefficient (Wildman–Crippen LogP) is -0.452. The third-order valence-electron chi connectivity index (χ3n) is 3.71. The van der Waals surface area contributed by atoms with Gasteiger partial charge in [-0.1, -0.05) is 6.92 Å². The first-order valence-corrected chi connectivity index (χ1v) is 8.50. The van der Waals surface area contributed by atoms with E-state index in [4.69, 9.17) is 0 Å². The Labute approximate surface area is 113 Å². The Balaban J connectivity index is 1.87. The van der Waals surface area contributed by atoms with E-state index in [2.05, 4.69) is 12.2 Å². The third-order valence-corrected chi connectivity index (χ3v) is 5.47. The third kappa shape index (κ3) is 3.68. The maximum absolute atomic E-state index is 12.0. The highest BCUT2D eigenvalue weighted by atomic mass is 32.2. The molecule has 0 saturated carbocycles. The van der Waals surface area contributed by atoms with Crippen LogP contribution in [-0.4, -0.2) is 55.8 Å². The zero-order valence-corrected chi connectivity index (χ0v) is 11.9. The molecule has 0 bridgehead atoms. The molecule has 2 unspecified atom stereocenters. The van der Waals surface area contributed by atoms with Gasteiger partial charge in [-0.2, -0.15) is 0 Å². The summed E-state index contributed by atoms with van der Waals surface area (Å²) in [5.41, 5.74) is 0. The monoisotopic (exact) mass is 288 g/mol. The van der Waals surface area contributed by atoms with Crippen LogP contribution in [0.25, 0.3) is 0 Å². The van der Waals surface area contributed by atoms with Gasteiger partial charge in [0.25, 0.3) is 0 Å². The highest BCUT2D eigenvalue weighted by Gasteiger charge is 2.32. The number of nitrogens with one attached hydrogen (secondary N) is 1. The number of hydrogen-bond acceptors (Lipinski definition) is 4. The first-order chi connectivity index (χ1) is 8.87. The largest absolute Gasteiger partial charge is 0.344 e. The maximum atomic E-state index is 12.0. The minimum atomic E-state index is -3.04. The molecule has 2 rings (SSSR count). The Bertz CT molecular complexity index is 474. The lowest BCUT2D eigenvalue weighted by Gasteiger charge is -2.30. The standard InChI is InChI=1S/C12H20N2O4S/c1-9-3-2-5-14(7-9)12(16)11(15)13-10-4-6-19(17,18)8-10/h9-10H,2-8H2,1H3,(H,13,15). The molecule has 0 radical (unpaired) electrons. The second-order valence-corrected chi connectivity index (χ2v) is 7.80. The zero-order valence-electron chi connectivity index (χ0n) is 11.1. The highest BCUT2D eigenvalue weighted by Crippen LogP contribution is 2.16. The van der Waals surface area contributed by atoms with Gasteiger partial charge in [-0.05, 0) is 25.2 Å². The normalized spacial score (nSPS) is 30.1. The molecule has 19 heavy (non-hydrogen) atoms. The van der Waals surface area contributed by atoms with Gasteiger partial charge >= 0.3 is 11.8 Å². The van der Waals surface area contributed by atoms with E-state index in [1.807, 2.05) is 0 Å². The van der Waals surface area contributed by atoms with Crippen molar-refractivity contribution in [2.24, 2.45) is 5.92 Å². The Kier molecular flexibility index (Phi) is 4.13. The second kappa shape index (κ2) is 5.48. The van der Waals surface area contributed by atoms with Gasteiger partial charge in [0.05, 0.1) is 11.5 Å². The fraction of sp³-hybridized carbons (Fsp3) is 0.833. The molecule has 2 heterocycles. The Morgan fingerprint density at radius 1 is 1.26 bits per heavy atom. The summed E-state index contributed by atoms with van der Waals surface area (Å²) in [5.74, 6) is -0.751. The Morgan fingerprint density at radius 2 is 2.00 bits per heavy atom. The molecule has 0 aromatic rings. The molecule has 1 N–H and O–H groups in total. The first kappa shape index (κ1) is 14.3. The van der Waals surface area contributed by atoms with E-state index in [1.165, 1.54) is 0 Å². The average molecular weight is 288 g/mol. The van der Waals surface area contributed by atoms with E-state index >= 15 is 0 Å². The molecule has 7 heteroatoms. The molecule has 0 spiro atoms. The van der Waals surface area contributed by atoms with Crippen LogP contribution in [-0.2, 0) is 19.4 Å². The van der Waals surface area contributed by atoms with E-state index in [0.717, 1.165) is 12.8 Å². The van der Waals surface area contributed by atoms with Crippen molar-refractivity contribution >= 4 is 21.7 Å². The van der Waals surface area contributed by atoms with Gasteiger partial charge in [-0.3, -0.25) is 9.59 Å². The van der Waals surface area contributed by atoms with Crippen LogP contribution in [0.2, 0.25) is 0 Å². The Morgan fingerprint density at radius 3 is 2.58 bits per heavy atom. The number of sulfone groups is 1. The number of rotatable bonds is 1. The molecular weight excluding hydrogens is 268 g/mol. The van der Waals surface area contributed by atoms with Gasteiger partial charge in [-0.25, -0.2) is 8.42 Å². The maximum Gasteiger partial charge on any atom is 0.311 e. The summed E-state index contributed by atoms with van der Waals surface area (Å²) in [6.07, 6.45) is 2.39. The lowest BCUT2D eigenvalue weighted by atomic mass is 10.0. The molecule has 2 amide bonds. The van der Waals surface area contributed by atoms with Gasteiger partial charge in [0, 0.05) is 19.1 Å². The molecule has 0 aromatic heterocycles. The summed E-state index contributed by atoms with van der Waals surface area (Å²) in [6, 6.07) is -0.413. The summed E-state index contributed by atoms with van der Waals surface area (Å²) < 4.78 is 22.6. The number of piperidine rings is 1. The summed E-state index contributed by atoms with van der Waals surface area (Å²) >= 11 is 0. The molecule has 2 aliphatic rings. The summed E-state index contributed by atoms with van der Waals surface area (Å²) in [5, 5.41) is 2.54. The minimum absolute atomic E-state index is 0.0532. The molecular formula is C12H20N2O4S. The first-order valence-electron chi connectivity index (χ1n) is 6.67. The van der Waals surface area contributed by atoms with Gasteiger partial charge in [0.1, 0.15) is 0 Å². The summed E-state index contributed by atoms with van der Waals surface area (Å²) in [4.78, 5) is 25.3. The van der Waals surface area contributed by atoms with Gasteiger partial charge in [0.2, 0.25) is 0 Å². The second-order valence-electron chi connectivity index (χ2n) is 5.57. The fourth-order valence-corrected chi connectivity index (χ4v) is 4.35. The van der Waals surface area contributed by atoms with Crippen molar-refractivity contribution < 1.29 is 18.0 Å². The van der Waals surface area contributed by atoms with E-state index in [9.17, 15) is 18.0 Å². The van der Waals surface area contributed by atoms with Crippen LogP contribution in [0.3, 0.4) is 0 Å². The van der Waals surface area contributed by atoms with Crippen molar-refractivity contribution in [3.05, 3.63) is 0 Å². The molecule has 0 aliphatic carbocycles. The van der Waals surface area contributed by atoms with Crippen LogP contribution in [0.5, 0.6) is 0 Å². The van der Waals surface area contributed by atoms with Crippen LogP contribution in [0.15, 0.2) is 0 Å². The van der Waals surface area contributed by atoms with Gasteiger partial charge in [-0.15, -0.1) is 0 Å². The summed E-state index contributed by atoms with van der Waals surface area (Å²) in [7, 11) is -3.04. The topological polar surface area (TPSA) is 83.6 Å². The molecule has 0 aromatic carbocycles. The zero-order chi connectivity index (χ0) is 14.0. The molecule has 2 saturated heterocycles. The summed E-state index contributed by atoms with van der Waals surface area (Å²) in [6.45, 7) is 3.27. The van der Waals surface area contributed by atoms with Gasteiger partial charge in [0.15, 0.2) is 9.84 Å². The molecule has 6 nitrogen and oxygen atoms in total. The van der Waals surface area contributed by atoms with Crippen molar-refractivity contribution in [1.29, 1.82) is 0 Å². The quantitative estimate of drug-likeness (QED) is 0.662. The molecule has 2 aliphatic heterocycles. The smallest absolute Gasteiger partial charge is 0.311 e. The number of amides is 2. The van der Waals surface area contributed by atoms with Crippen LogP contribution in [0.4, 0.5) is 0 Å². The lowest BCUT2D eigenvalue weighted by molar-refractivity contribution is -0.147. The number of carbonyl (C=O) groups is 2. The van der Waals surface area contributed by atoms with Crippen molar-refractivity contribution in [1.82, 2.24) is 10.2 Å². The molecule has 2 fully saturated rings. The van der Waals surface area contributed by atoms with Gasteiger partial charge < -0.3 is 10.2 Å². The molecule has 108 valence electrons. The van der Waals surface area contributed by atoms with Crippen molar-refractivity contribution in [3.63, 3.8) is 0 Å². The van der Waals surface area contributed by atoms with Crippen LogP contribution in [0, 0.1) is 5.92 Å². The van der Waals surface area contributed by atoms with Crippen LogP contribution in [0.1, 0.15) is 26.2 Å². The van der Waals surface area contributed by atoms with Crippen molar-refractivity contribution in [2.45, 2.75) is 32.2 Å². The fourth-order valence-electron chi connectivity index (χ4n) is 2.67. The van der Waals surface area contributed by atoms with Crippen LogP contribution < -0.4 is 5.32 Å². The lowest BCUT2D eigenvalue weighted by Crippen LogP contribution is -2.49.